The molecule has 0 radical (unpaired) electrons. The first-order valence-electron chi connectivity index (χ1n) is 10.3. The molecule has 1 fully saturated rings. The lowest BCUT2D eigenvalue weighted by Gasteiger charge is -2.33. The number of rotatable bonds is 3. The van der Waals surface area contributed by atoms with E-state index in [9.17, 15) is 10.0 Å². The van der Waals surface area contributed by atoms with Crippen LogP contribution in [-0.2, 0) is 6.54 Å². The molecule has 2 heterocycles. The quantitative estimate of drug-likeness (QED) is 0.424. The van der Waals surface area contributed by atoms with Gasteiger partial charge in [-0.05, 0) is 41.8 Å². The van der Waals surface area contributed by atoms with Crippen molar-refractivity contribution in [3.63, 3.8) is 0 Å². The molecule has 8 heteroatoms. The molecule has 32 heavy (non-hydrogen) atoms. The number of carbonyl (C=O) groups is 1. The van der Waals surface area contributed by atoms with Crippen LogP contribution >= 0.6 is 34.8 Å². The van der Waals surface area contributed by atoms with Gasteiger partial charge in [0.25, 0.3) is 0 Å². The second-order valence-corrected chi connectivity index (χ2v) is 9.23. The molecule has 5 nitrogen and oxygen atoms in total. The molecule has 3 aromatic carbocycles. The molecule has 0 unspecified atom stereocenters. The topological polar surface area (TPSA) is 55.8 Å². The summed E-state index contributed by atoms with van der Waals surface area (Å²) in [7, 11) is 0. The number of carbonyl (C=O) groups excluding carboxylic acids is 1. The minimum absolute atomic E-state index is 0.125. The van der Waals surface area contributed by atoms with Crippen molar-refractivity contribution in [2.75, 3.05) is 18.0 Å². The molecule has 0 aromatic heterocycles. The maximum Gasteiger partial charge on any atom is 0.326 e. The zero-order valence-corrected chi connectivity index (χ0v) is 19.3. The summed E-state index contributed by atoms with van der Waals surface area (Å²) >= 11 is 19.6. The van der Waals surface area contributed by atoms with E-state index in [1.54, 1.807) is 23.1 Å². The van der Waals surface area contributed by atoms with Gasteiger partial charge in [0.2, 0.25) is 0 Å². The number of para-hydroxylation sites is 1. The number of nitrogens with one attached hydrogen (secondary N) is 1. The van der Waals surface area contributed by atoms with E-state index in [2.05, 4.69) is 11.4 Å². The molecule has 0 saturated carbocycles. The summed E-state index contributed by atoms with van der Waals surface area (Å²) in [6.07, 6.45) is 0.816. The van der Waals surface area contributed by atoms with Crippen LogP contribution < -0.4 is 10.2 Å². The van der Waals surface area contributed by atoms with Gasteiger partial charge in [-0.25, -0.2) is 4.79 Å². The summed E-state index contributed by atoms with van der Waals surface area (Å²) in [5, 5.41) is 15.6. The second-order valence-electron chi connectivity index (χ2n) is 8.01. The molecule has 3 aromatic rings. The summed E-state index contributed by atoms with van der Waals surface area (Å²) in [6, 6.07) is 16.7. The van der Waals surface area contributed by atoms with Gasteiger partial charge in [0, 0.05) is 41.7 Å². The van der Waals surface area contributed by atoms with Gasteiger partial charge >= 0.3 is 6.03 Å². The highest BCUT2D eigenvalue weighted by Gasteiger charge is 2.33. The third-order valence-corrected chi connectivity index (χ3v) is 7.01. The lowest BCUT2D eigenvalue weighted by atomic mass is 9.89. The van der Waals surface area contributed by atoms with Crippen molar-refractivity contribution in [3.8, 4) is 11.1 Å². The van der Waals surface area contributed by atoms with Gasteiger partial charge in [-0.3, -0.25) is 4.90 Å². The number of benzene rings is 3. The molecule has 2 aliphatic rings. The minimum Gasteiger partial charge on any atom is -0.333 e. The zero-order valence-electron chi connectivity index (χ0n) is 17.0. The van der Waals surface area contributed by atoms with Crippen LogP contribution in [0.3, 0.4) is 0 Å². The van der Waals surface area contributed by atoms with E-state index in [1.165, 1.54) is 5.06 Å². The average Bonchev–Trinajstić information content (AvgIpc) is 3.21. The molecule has 0 bridgehead atoms. The van der Waals surface area contributed by atoms with Crippen molar-refractivity contribution < 1.29 is 10.0 Å². The van der Waals surface area contributed by atoms with Gasteiger partial charge < -0.3 is 10.5 Å². The Balaban J connectivity index is 1.77. The number of amides is 2. The summed E-state index contributed by atoms with van der Waals surface area (Å²) in [6.45, 7) is 1.48. The number of halogens is 3. The number of fused-ring (bicyclic) bond motifs is 1. The maximum absolute atomic E-state index is 13.1. The Labute approximate surface area is 201 Å². The zero-order chi connectivity index (χ0) is 22.4. The van der Waals surface area contributed by atoms with Crippen molar-refractivity contribution in [2.45, 2.75) is 18.9 Å². The predicted molar refractivity (Wildman–Crippen MR) is 128 cm³/mol. The van der Waals surface area contributed by atoms with Crippen LogP contribution in [-0.4, -0.2) is 29.4 Å². The fraction of sp³-hybridized carbons (Fsp3) is 0.208. The molecule has 2 amide bonds. The first kappa shape index (κ1) is 21.6. The Morgan fingerprint density at radius 3 is 2.34 bits per heavy atom. The summed E-state index contributed by atoms with van der Waals surface area (Å²) < 4.78 is 0. The smallest absolute Gasteiger partial charge is 0.326 e. The molecule has 5 rings (SSSR count). The van der Waals surface area contributed by atoms with E-state index < -0.39 is 0 Å². The van der Waals surface area contributed by atoms with Crippen LogP contribution in [0, 0.1) is 0 Å². The third-order valence-electron chi connectivity index (χ3n) is 6.07. The van der Waals surface area contributed by atoms with Gasteiger partial charge in [-0.15, -0.1) is 0 Å². The van der Waals surface area contributed by atoms with Crippen molar-refractivity contribution in [1.29, 1.82) is 0 Å². The van der Waals surface area contributed by atoms with Gasteiger partial charge in [-0.2, -0.15) is 5.06 Å². The summed E-state index contributed by atoms with van der Waals surface area (Å²) in [5.41, 5.74) is 4.92. The highest BCUT2D eigenvalue weighted by molar-refractivity contribution is 6.40. The fourth-order valence-electron chi connectivity index (χ4n) is 4.51. The van der Waals surface area contributed by atoms with E-state index in [4.69, 9.17) is 34.8 Å². The number of anilines is 2. The van der Waals surface area contributed by atoms with Crippen molar-refractivity contribution >= 4 is 52.2 Å². The van der Waals surface area contributed by atoms with Crippen molar-refractivity contribution in [2.24, 2.45) is 0 Å². The van der Waals surface area contributed by atoms with Gasteiger partial charge in [-0.1, -0.05) is 65.1 Å². The first-order valence-corrected chi connectivity index (χ1v) is 11.4. The Morgan fingerprint density at radius 2 is 1.66 bits per heavy atom. The monoisotopic (exact) mass is 487 g/mol. The van der Waals surface area contributed by atoms with E-state index >= 15 is 0 Å². The number of hydroxylamine groups is 2. The molecular formula is C24H20Cl3N3O2. The fourth-order valence-corrected chi connectivity index (χ4v) is 5.31. The van der Waals surface area contributed by atoms with Crippen LogP contribution in [0.1, 0.15) is 23.5 Å². The first-order chi connectivity index (χ1) is 15.4. The van der Waals surface area contributed by atoms with E-state index in [0.717, 1.165) is 28.7 Å². The maximum atomic E-state index is 13.1. The second kappa shape index (κ2) is 8.58. The van der Waals surface area contributed by atoms with Gasteiger partial charge in [0.1, 0.15) is 0 Å². The Morgan fingerprint density at radius 1 is 0.938 bits per heavy atom. The Bertz CT molecular complexity index is 1200. The SMILES string of the molecule is O=C1NCc2c(-c3ccccc3Cl)cc([C@@H]3CCN(O)C3)cc2N1c1c(Cl)cccc1Cl. The molecule has 2 N–H and O–H groups in total. The summed E-state index contributed by atoms with van der Waals surface area (Å²) in [5.74, 6) is 0.125. The van der Waals surface area contributed by atoms with Crippen LogP contribution in [0.25, 0.3) is 11.1 Å². The lowest BCUT2D eigenvalue weighted by Crippen LogP contribution is -2.41. The third kappa shape index (κ3) is 3.74. The van der Waals surface area contributed by atoms with E-state index in [0.29, 0.717) is 46.1 Å². The normalized spacial score (nSPS) is 18.6. The summed E-state index contributed by atoms with van der Waals surface area (Å²) in [4.78, 5) is 14.6. The molecule has 0 spiro atoms. The predicted octanol–water partition coefficient (Wildman–Crippen LogP) is 6.85. The average molecular weight is 489 g/mol. The minimum atomic E-state index is -0.301. The van der Waals surface area contributed by atoms with Gasteiger partial charge in [0.15, 0.2) is 0 Å². The van der Waals surface area contributed by atoms with Crippen LogP contribution in [0.15, 0.2) is 54.6 Å². The highest BCUT2D eigenvalue weighted by atomic mass is 35.5. The largest absolute Gasteiger partial charge is 0.333 e. The molecule has 0 aliphatic carbocycles. The molecular weight excluding hydrogens is 469 g/mol. The standard InChI is InChI=1S/C24H20Cl3N3O2/c25-19-5-2-1-4-16(19)17-10-15(14-8-9-29(32)13-14)11-22-18(17)12-28-24(31)30(22)23-20(26)6-3-7-21(23)27/h1-7,10-11,14,32H,8-9,12-13H2,(H,28,31)/t14-/m1/s1. The Hall–Kier alpha value is -2.28. The van der Waals surface area contributed by atoms with Crippen molar-refractivity contribution in [1.82, 2.24) is 10.4 Å². The molecule has 164 valence electrons. The number of hydrogen-bond donors (Lipinski definition) is 2. The highest BCUT2D eigenvalue weighted by Crippen LogP contribution is 2.46. The van der Waals surface area contributed by atoms with Gasteiger partial charge in [0.05, 0.1) is 21.4 Å². The lowest BCUT2D eigenvalue weighted by molar-refractivity contribution is -0.0691. The molecule has 2 aliphatic heterocycles. The van der Waals surface area contributed by atoms with E-state index in [1.807, 2.05) is 30.3 Å². The molecule has 1 atom stereocenters. The van der Waals surface area contributed by atoms with Crippen LogP contribution in [0.2, 0.25) is 15.1 Å². The number of urea groups is 1. The Kier molecular flexibility index (Phi) is 5.78. The number of hydrogen-bond acceptors (Lipinski definition) is 3. The van der Waals surface area contributed by atoms with Crippen LogP contribution in [0.4, 0.5) is 16.2 Å². The van der Waals surface area contributed by atoms with E-state index in [-0.39, 0.29) is 11.9 Å². The molecule has 1 saturated heterocycles. The van der Waals surface area contributed by atoms with Crippen LogP contribution in [0.5, 0.6) is 0 Å². The van der Waals surface area contributed by atoms with Crippen molar-refractivity contribution in [3.05, 3.63) is 80.8 Å². The number of nitrogens with zero attached hydrogens (tertiary/aromatic N) is 2.